The van der Waals surface area contributed by atoms with Gasteiger partial charge < -0.3 is 4.74 Å². The van der Waals surface area contributed by atoms with Crippen molar-refractivity contribution in [1.29, 1.82) is 0 Å². The number of halogens is 1. The molecule has 1 aliphatic heterocycles. The summed E-state index contributed by atoms with van der Waals surface area (Å²) in [5.74, 6) is 0.603. The first-order valence-electron chi connectivity index (χ1n) is 8.22. The third-order valence-electron chi connectivity index (χ3n) is 4.09. The van der Waals surface area contributed by atoms with Crippen LogP contribution in [-0.4, -0.2) is 21.7 Å². The Morgan fingerprint density at radius 3 is 2.73 bits per heavy atom. The van der Waals surface area contributed by atoms with Crippen LogP contribution in [0.2, 0.25) is 5.02 Å². The number of hydrogen-bond donors (Lipinski definition) is 0. The molecule has 0 atom stereocenters. The number of carbonyl (C=O) groups excluding carboxylic acids is 1. The fourth-order valence-corrected chi connectivity index (χ4v) is 4.16. The molecule has 3 nitrogen and oxygen atoms in total. The first-order valence-corrected chi connectivity index (χ1v) is 9.82. The molecule has 0 saturated carbocycles. The number of thioether (sulfide) groups is 1. The fourth-order valence-electron chi connectivity index (χ4n) is 2.60. The summed E-state index contributed by atoms with van der Waals surface area (Å²) >= 11 is 12.7. The van der Waals surface area contributed by atoms with Crippen molar-refractivity contribution in [3.05, 3.63) is 69.1 Å². The maximum Gasteiger partial charge on any atom is 0.266 e. The van der Waals surface area contributed by atoms with Crippen LogP contribution in [0, 0.1) is 6.92 Å². The van der Waals surface area contributed by atoms with Gasteiger partial charge in [0.05, 0.1) is 4.91 Å². The number of nitrogens with zero attached hydrogens (tertiary/aromatic N) is 1. The minimum absolute atomic E-state index is 0.0765. The molecule has 1 fully saturated rings. The second-order valence-corrected chi connectivity index (χ2v) is 7.94. The number of likely N-dealkylation sites (N-methyl/N-ethyl adjacent to an activating group) is 1. The average molecular weight is 404 g/mol. The monoisotopic (exact) mass is 403 g/mol. The molecule has 0 spiro atoms. The van der Waals surface area contributed by atoms with E-state index in [-0.39, 0.29) is 5.91 Å². The fraction of sp³-hybridized carbons (Fsp3) is 0.200. The molecule has 1 aliphatic rings. The van der Waals surface area contributed by atoms with E-state index in [1.54, 1.807) is 23.1 Å². The number of benzene rings is 2. The number of ether oxygens (including phenoxy) is 1. The summed E-state index contributed by atoms with van der Waals surface area (Å²) in [6.45, 7) is 4.97. The van der Waals surface area contributed by atoms with Gasteiger partial charge in [0.2, 0.25) is 0 Å². The van der Waals surface area contributed by atoms with Gasteiger partial charge in [0.1, 0.15) is 16.7 Å². The lowest BCUT2D eigenvalue weighted by molar-refractivity contribution is -0.121. The maximum absolute atomic E-state index is 12.4. The van der Waals surface area contributed by atoms with Crippen molar-refractivity contribution in [2.24, 2.45) is 0 Å². The van der Waals surface area contributed by atoms with Crippen LogP contribution in [0.25, 0.3) is 6.08 Å². The quantitative estimate of drug-likeness (QED) is 0.490. The van der Waals surface area contributed by atoms with E-state index in [2.05, 4.69) is 13.0 Å². The number of amides is 1. The Labute approximate surface area is 168 Å². The van der Waals surface area contributed by atoms with Gasteiger partial charge in [-0.05, 0) is 49.2 Å². The number of hydrogen-bond acceptors (Lipinski definition) is 4. The SMILES string of the molecule is CCN1C(=O)C(=Cc2cc(Cl)ccc2OCc2ccccc2C)SC1=S. The van der Waals surface area contributed by atoms with Crippen LogP contribution in [0.1, 0.15) is 23.6 Å². The van der Waals surface area contributed by atoms with E-state index in [9.17, 15) is 4.79 Å². The molecule has 0 aliphatic carbocycles. The highest BCUT2D eigenvalue weighted by Gasteiger charge is 2.30. The molecule has 1 saturated heterocycles. The summed E-state index contributed by atoms with van der Waals surface area (Å²) in [5.41, 5.74) is 3.06. The van der Waals surface area contributed by atoms with E-state index in [1.807, 2.05) is 31.2 Å². The molecule has 26 heavy (non-hydrogen) atoms. The van der Waals surface area contributed by atoms with Gasteiger partial charge in [-0.3, -0.25) is 9.69 Å². The maximum atomic E-state index is 12.4. The second-order valence-electron chi connectivity index (χ2n) is 5.82. The number of thiocarbonyl (C=S) groups is 1. The predicted octanol–water partition coefficient (Wildman–Crippen LogP) is 5.45. The minimum Gasteiger partial charge on any atom is -0.488 e. The average Bonchev–Trinajstić information content (AvgIpc) is 2.88. The summed E-state index contributed by atoms with van der Waals surface area (Å²) in [5, 5.41) is 0.588. The van der Waals surface area contributed by atoms with Crippen LogP contribution in [0.5, 0.6) is 5.75 Å². The van der Waals surface area contributed by atoms with Crippen molar-refractivity contribution in [1.82, 2.24) is 4.90 Å². The zero-order chi connectivity index (χ0) is 18.7. The van der Waals surface area contributed by atoms with E-state index in [1.165, 1.54) is 17.3 Å². The molecule has 0 N–H and O–H groups in total. The topological polar surface area (TPSA) is 29.5 Å². The van der Waals surface area contributed by atoms with E-state index in [0.29, 0.717) is 33.1 Å². The van der Waals surface area contributed by atoms with Gasteiger partial charge in [-0.15, -0.1) is 0 Å². The summed E-state index contributed by atoms with van der Waals surface area (Å²) in [7, 11) is 0. The van der Waals surface area contributed by atoms with Gasteiger partial charge in [-0.2, -0.15) is 0 Å². The van der Waals surface area contributed by atoms with Crippen molar-refractivity contribution in [3.8, 4) is 5.75 Å². The van der Waals surface area contributed by atoms with E-state index in [4.69, 9.17) is 28.6 Å². The molecule has 1 heterocycles. The van der Waals surface area contributed by atoms with Crippen LogP contribution < -0.4 is 4.74 Å². The molecule has 2 aromatic carbocycles. The van der Waals surface area contributed by atoms with Crippen LogP contribution in [0.15, 0.2) is 47.4 Å². The minimum atomic E-state index is -0.0765. The zero-order valence-corrected chi connectivity index (χ0v) is 16.9. The van der Waals surface area contributed by atoms with Crippen molar-refractivity contribution < 1.29 is 9.53 Å². The Kier molecular flexibility index (Phi) is 6.01. The highest BCUT2D eigenvalue weighted by molar-refractivity contribution is 8.26. The zero-order valence-electron chi connectivity index (χ0n) is 14.5. The van der Waals surface area contributed by atoms with Gasteiger partial charge >= 0.3 is 0 Å². The molecule has 2 aromatic rings. The van der Waals surface area contributed by atoms with Gasteiger partial charge in [-0.1, -0.05) is 59.8 Å². The van der Waals surface area contributed by atoms with Crippen molar-refractivity contribution in [3.63, 3.8) is 0 Å². The van der Waals surface area contributed by atoms with E-state index >= 15 is 0 Å². The van der Waals surface area contributed by atoms with Gasteiger partial charge in [-0.25, -0.2) is 0 Å². The largest absolute Gasteiger partial charge is 0.488 e. The Hall–Kier alpha value is -1.82. The predicted molar refractivity (Wildman–Crippen MR) is 113 cm³/mol. The van der Waals surface area contributed by atoms with E-state index in [0.717, 1.165) is 11.1 Å². The van der Waals surface area contributed by atoms with Crippen molar-refractivity contribution in [2.75, 3.05) is 6.54 Å². The molecule has 0 bridgehead atoms. The number of aryl methyl sites for hydroxylation is 1. The molecular formula is C20H18ClNO2S2. The Morgan fingerprint density at radius 2 is 2.04 bits per heavy atom. The molecule has 1 amide bonds. The smallest absolute Gasteiger partial charge is 0.266 e. The number of carbonyl (C=O) groups is 1. The summed E-state index contributed by atoms with van der Waals surface area (Å²) in [4.78, 5) is 14.6. The lowest BCUT2D eigenvalue weighted by Crippen LogP contribution is -2.27. The highest BCUT2D eigenvalue weighted by Crippen LogP contribution is 2.35. The summed E-state index contributed by atoms with van der Waals surface area (Å²) in [6.07, 6.45) is 1.80. The van der Waals surface area contributed by atoms with Gasteiger partial charge in [0.25, 0.3) is 5.91 Å². The molecule has 0 unspecified atom stereocenters. The van der Waals surface area contributed by atoms with Crippen molar-refractivity contribution >= 4 is 51.9 Å². The third-order valence-corrected chi connectivity index (χ3v) is 5.71. The molecule has 6 heteroatoms. The Bertz CT molecular complexity index is 895. The lowest BCUT2D eigenvalue weighted by Gasteiger charge is -2.12. The van der Waals surface area contributed by atoms with Crippen LogP contribution in [0.3, 0.4) is 0 Å². The molecule has 0 radical (unpaired) electrons. The first kappa shape index (κ1) is 19.0. The Morgan fingerprint density at radius 1 is 1.27 bits per heavy atom. The van der Waals surface area contributed by atoms with Gasteiger partial charge in [0, 0.05) is 17.1 Å². The molecular weight excluding hydrogens is 386 g/mol. The van der Waals surface area contributed by atoms with Crippen molar-refractivity contribution in [2.45, 2.75) is 20.5 Å². The summed E-state index contributed by atoms with van der Waals surface area (Å²) < 4.78 is 6.59. The molecule has 134 valence electrons. The van der Waals surface area contributed by atoms with E-state index < -0.39 is 0 Å². The number of rotatable bonds is 5. The Balaban J connectivity index is 1.87. The van der Waals surface area contributed by atoms with Crippen LogP contribution >= 0.6 is 35.6 Å². The lowest BCUT2D eigenvalue weighted by atomic mass is 10.1. The normalized spacial score (nSPS) is 15.8. The summed E-state index contributed by atoms with van der Waals surface area (Å²) in [6, 6.07) is 13.5. The van der Waals surface area contributed by atoms with Crippen LogP contribution in [0.4, 0.5) is 0 Å². The highest BCUT2D eigenvalue weighted by atomic mass is 35.5. The molecule has 3 rings (SSSR count). The second kappa shape index (κ2) is 8.25. The molecule has 0 aromatic heterocycles. The van der Waals surface area contributed by atoms with Gasteiger partial charge in [0.15, 0.2) is 0 Å². The third kappa shape index (κ3) is 4.11. The van der Waals surface area contributed by atoms with Crippen LogP contribution in [-0.2, 0) is 11.4 Å². The standard InChI is InChI=1S/C20H18ClNO2S2/c1-3-22-19(23)18(26-20(22)25)11-15-10-16(21)8-9-17(15)24-12-14-7-5-4-6-13(14)2/h4-11H,3,12H2,1-2H3. The first-order chi connectivity index (χ1) is 12.5.